The number of aromatic nitrogens is 3. The van der Waals surface area contributed by atoms with Crippen LogP contribution in [0.3, 0.4) is 0 Å². The highest BCUT2D eigenvalue weighted by molar-refractivity contribution is 5.97. The van der Waals surface area contributed by atoms with Crippen molar-refractivity contribution >= 4 is 22.4 Å². The zero-order valence-electron chi connectivity index (χ0n) is 26.5. The summed E-state index contributed by atoms with van der Waals surface area (Å²) in [5, 5.41) is 22.4. The predicted octanol–water partition coefficient (Wildman–Crippen LogP) is 3.22. The highest BCUT2D eigenvalue weighted by atomic mass is 19.4. The lowest BCUT2D eigenvalue weighted by Gasteiger charge is -2.48. The van der Waals surface area contributed by atoms with E-state index in [0.717, 1.165) is 13.3 Å². The lowest BCUT2D eigenvalue weighted by Crippen LogP contribution is -2.61. The van der Waals surface area contributed by atoms with Crippen LogP contribution in [0.5, 0.6) is 11.9 Å². The molecule has 3 aromatic rings. The van der Waals surface area contributed by atoms with Gasteiger partial charge in [0, 0.05) is 49.7 Å². The van der Waals surface area contributed by atoms with Gasteiger partial charge in [0.1, 0.15) is 47.1 Å². The molecule has 2 aromatic heterocycles. The van der Waals surface area contributed by atoms with Gasteiger partial charge in [0.2, 0.25) is 5.88 Å². The van der Waals surface area contributed by atoms with Crippen LogP contribution in [-0.4, -0.2) is 107 Å². The fraction of sp³-hybridized carbons (Fsp3) is 0.581. The minimum Gasteiger partial charge on any atom is -0.472 e. The van der Waals surface area contributed by atoms with E-state index in [1.54, 1.807) is 11.8 Å². The molecule has 0 aliphatic carbocycles. The van der Waals surface area contributed by atoms with Crippen LogP contribution in [0.25, 0.3) is 22.2 Å². The molecule has 262 valence electrons. The van der Waals surface area contributed by atoms with Gasteiger partial charge in [0.25, 0.3) is 0 Å². The molecule has 6 rings (SSSR count). The minimum absolute atomic E-state index is 0.00297. The first-order chi connectivity index (χ1) is 22.7. The predicted molar refractivity (Wildman–Crippen MR) is 164 cm³/mol. The Morgan fingerprint density at radius 3 is 2.52 bits per heavy atom. The summed E-state index contributed by atoms with van der Waals surface area (Å²) in [6.07, 6.45) is -6.53. The maximum atomic E-state index is 16.6. The number of aliphatic hydroxyl groups is 2. The number of nitrogens with two attached hydrogens (primary N) is 1. The number of nitrogens with one attached hydrogen (secondary N) is 1. The van der Waals surface area contributed by atoms with E-state index in [1.807, 2.05) is 11.8 Å². The molecule has 3 aliphatic heterocycles. The van der Waals surface area contributed by atoms with Gasteiger partial charge in [0.15, 0.2) is 5.82 Å². The first-order valence-electron chi connectivity index (χ1n) is 15.6. The number of hydrogen-bond donors (Lipinski definition) is 4. The number of alkyl halides is 4. The van der Waals surface area contributed by atoms with E-state index in [1.165, 1.54) is 0 Å². The van der Waals surface area contributed by atoms with Crippen molar-refractivity contribution in [3.8, 4) is 23.1 Å². The molecular formula is C31H37F6N7O4. The topological polar surface area (TPSA) is 142 Å². The first kappa shape index (κ1) is 34.2. The number of likely N-dealkylation sites (tertiary alicyclic amines) is 1. The van der Waals surface area contributed by atoms with Gasteiger partial charge in [-0.25, -0.2) is 18.2 Å². The third-order valence-electron chi connectivity index (χ3n) is 9.45. The molecule has 0 unspecified atom stereocenters. The summed E-state index contributed by atoms with van der Waals surface area (Å²) in [6, 6.07) is -0.0960. The fourth-order valence-corrected chi connectivity index (χ4v) is 6.82. The highest BCUT2D eigenvalue weighted by Gasteiger charge is 2.44. The van der Waals surface area contributed by atoms with Crippen molar-refractivity contribution in [3.63, 3.8) is 0 Å². The van der Waals surface area contributed by atoms with E-state index in [-0.39, 0.29) is 62.0 Å². The van der Waals surface area contributed by atoms with E-state index in [0.29, 0.717) is 19.2 Å². The summed E-state index contributed by atoms with van der Waals surface area (Å²) >= 11 is 0. The number of fused-ring (bicyclic) bond motifs is 2. The maximum Gasteiger partial charge on any atom is 0.417 e. The first-order valence-corrected chi connectivity index (χ1v) is 15.6. The summed E-state index contributed by atoms with van der Waals surface area (Å²) in [5.74, 6) is -2.64. The molecule has 0 saturated carbocycles. The lowest BCUT2D eigenvalue weighted by atomic mass is 9.81. The average Bonchev–Trinajstić information content (AvgIpc) is 3.14. The second-order valence-electron chi connectivity index (χ2n) is 12.9. The number of anilines is 2. The zero-order valence-corrected chi connectivity index (χ0v) is 26.5. The summed E-state index contributed by atoms with van der Waals surface area (Å²) in [7, 11) is 0. The molecule has 0 spiro atoms. The number of pyridine rings is 1. The van der Waals surface area contributed by atoms with E-state index >= 15 is 8.78 Å². The van der Waals surface area contributed by atoms with Gasteiger partial charge in [0.05, 0.1) is 30.5 Å². The highest BCUT2D eigenvalue weighted by Crippen LogP contribution is 2.46. The normalized spacial score (nSPS) is 22.9. The van der Waals surface area contributed by atoms with E-state index in [2.05, 4.69) is 20.3 Å². The SMILES string of the molecule is CC[C@@H]1CN2c3nc(OC[C@@H](F)CN4CC(CO)(CO)C4)nc4c(F)c(-c5cc(N)c(F)c(C)c5C(F)(F)F)nc(c34)O[C@@H](C)[C@@H]2CN1. The monoisotopic (exact) mass is 685 g/mol. The largest absolute Gasteiger partial charge is 0.472 e. The summed E-state index contributed by atoms with van der Waals surface area (Å²) < 4.78 is 101. The second-order valence-corrected chi connectivity index (χ2v) is 12.9. The van der Waals surface area contributed by atoms with Gasteiger partial charge in [-0.2, -0.15) is 23.1 Å². The number of hydrogen-bond acceptors (Lipinski definition) is 11. The number of aliphatic hydroxyl groups excluding tert-OH is 2. The maximum absolute atomic E-state index is 16.6. The number of nitrogen functional groups attached to an aromatic ring is 1. The van der Waals surface area contributed by atoms with Gasteiger partial charge < -0.3 is 35.6 Å². The van der Waals surface area contributed by atoms with Crippen LogP contribution in [0.1, 0.15) is 31.4 Å². The molecule has 17 heteroatoms. The fourth-order valence-electron chi connectivity index (χ4n) is 6.82. The Bertz CT molecular complexity index is 1700. The molecule has 5 N–H and O–H groups in total. The van der Waals surface area contributed by atoms with Crippen LogP contribution in [0, 0.1) is 24.0 Å². The second kappa shape index (κ2) is 12.7. The smallest absolute Gasteiger partial charge is 0.417 e. The number of benzene rings is 1. The summed E-state index contributed by atoms with van der Waals surface area (Å²) in [5.41, 5.74) is 0.0125. The molecule has 1 aromatic carbocycles. The van der Waals surface area contributed by atoms with Crippen molar-refractivity contribution in [1.82, 2.24) is 25.2 Å². The third kappa shape index (κ3) is 5.94. The number of halogens is 6. The molecule has 3 aliphatic rings. The Morgan fingerprint density at radius 1 is 1.17 bits per heavy atom. The quantitative estimate of drug-likeness (QED) is 0.195. The van der Waals surface area contributed by atoms with Crippen LogP contribution in [0.2, 0.25) is 0 Å². The third-order valence-corrected chi connectivity index (χ3v) is 9.45. The molecule has 0 radical (unpaired) electrons. The van der Waals surface area contributed by atoms with Crippen LogP contribution in [0.15, 0.2) is 6.07 Å². The van der Waals surface area contributed by atoms with Gasteiger partial charge in [-0.05, 0) is 31.9 Å². The van der Waals surface area contributed by atoms with Crippen LogP contribution >= 0.6 is 0 Å². The molecule has 5 heterocycles. The zero-order chi connectivity index (χ0) is 34.7. The van der Waals surface area contributed by atoms with Gasteiger partial charge >= 0.3 is 12.2 Å². The molecule has 4 atom stereocenters. The van der Waals surface area contributed by atoms with Crippen molar-refractivity contribution in [3.05, 3.63) is 28.8 Å². The average molecular weight is 686 g/mol. The number of piperazine rings is 1. The Labute approximate surface area is 272 Å². The number of rotatable bonds is 9. The Kier molecular flexibility index (Phi) is 9.02. The van der Waals surface area contributed by atoms with E-state index < -0.39 is 81.7 Å². The minimum atomic E-state index is -5.10. The van der Waals surface area contributed by atoms with Crippen LogP contribution < -0.4 is 25.4 Å². The Balaban J connectivity index is 1.46. The van der Waals surface area contributed by atoms with Gasteiger partial charge in [-0.3, -0.25) is 4.90 Å². The number of nitrogens with zero attached hydrogens (tertiary/aromatic N) is 5. The molecular weight excluding hydrogens is 648 g/mol. The molecule has 0 bridgehead atoms. The van der Waals surface area contributed by atoms with Crippen LogP contribution in [0.4, 0.5) is 37.8 Å². The van der Waals surface area contributed by atoms with E-state index in [9.17, 15) is 27.8 Å². The van der Waals surface area contributed by atoms with Crippen molar-refractivity contribution in [2.45, 2.75) is 57.7 Å². The standard InChI is InChI=1S/C31H37F6N7O4/c1-4-17-8-44-20(6-39-17)15(3)48-28-21-26(24(34)25(40-28)18-5-19(38)23(33)14(2)22(18)31(35,36)37)41-29(42-27(21)44)47-9-16(32)7-43-10-30(11-43,12-45)13-46/h5,15-17,20,39,45-46H,4,6-13,38H2,1-3H3/t15-,16-,17+,20-/m0/s1. The van der Waals surface area contributed by atoms with Crippen molar-refractivity contribution in [2.24, 2.45) is 5.41 Å². The molecule has 0 amide bonds. The van der Waals surface area contributed by atoms with Crippen molar-refractivity contribution in [2.75, 3.05) is 63.2 Å². The Hall–Kier alpha value is -3.67. The summed E-state index contributed by atoms with van der Waals surface area (Å²) in [6.45, 7) is 4.94. The van der Waals surface area contributed by atoms with E-state index in [4.69, 9.17) is 15.2 Å². The number of ether oxygens (including phenoxy) is 2. The molecule has 11 nitrogen and oxygen atoms in total. The van der Waals surface area contributed by atoms with Gasteiger partial charge in [-0.1, -0.05) is 6.92 Å². The molecule has 48 heavy (non-hydrogen) atoms. The summed E-state index contributed by atoms with van der Waals surface area (Å²) in [4.78, 5) is 16.5. The lowest BCUT2D eigenvalue weighted by molar-refractivity contribution is -0.137. The van der Waals surface area contributed by atoms with Crippen molar-refractivity contribution < 1.29 is 46.0 Å². The molecule has 2 saturated heterocycles. The van der Waals surface area contributed by atoms with Gasteiger partial charge in [-0.15, -0.1) is 0 Å². The Morgan fingerprint density at radius 2 is 1.88 bits per heavy atom. The van der Waals surface area contributed by atoms with Crippen LogP contribution in [-0.2, 0) is 6.18 Å². The molecule has 2 fully saturated rings. The van der Waals surface area contributed by atoms with Crippen molar-refractivity contribution in [1.29, 1.82) is 0 Å².